The minimum absolute atomic E-state index is 0.198. The maximum absolute atomic E-state index is 13.8. The van der Waals surface area contributed by atoms with E-state index in [1.165, 1.54) is 0 Å². The monoisotopic (exact) mass is 224 g/mol. The van der Waals surface area contributed by atoms with Crippen LogP contribution in [0, 0.1) is 20.8 Å². The van der Waals surface area contributed by atoms with Crippen LogP contribution in [0.15, 0.2) is 12.1 Å². The van der Waals surface area contributed by atoms with Gasteiger partial charge in [-0.3, -0.25) is 0 Å². The Balaban J connectivity index is 3.04. The van der Waals surface area contributed by atoms with Gasteiger partial charge in [0.1, 0.15) is 0 Å². The third-order valence-corrected chi connectivity index (χ3v) is 2.65. The Bertz CT molecular complexity index is 399. The van der Waals surface area contributed by atoms with Gasteiger partial charge in [0.05, 0.1) is 6.61 Å². The second kappa shape index (κ2) is 5.10. The first-order chi connectivity index (χ1) is 7.47. The van der Waals surface area contributed by atoms with Crippen molar-refractivity contribution in [3.8, 4) is 0 Å². The molecule has 0 spiro atoms. The predicted molar refractivity (Wildman–Crippen MR) is 61.1 cm³/mol. The summed E-state index contributed by atoms with van der Waals surface area (Å²) in [6.07, 6.45) is -1.68. The number of rotatable bonds is 3. The first-order valence-electron chi connectivity index (χ1n) is 5.35. The highest BCUT2D eigenvalue weighted by Crippen LogP contribution is 2.25. The molecular weight excluding hydrogens is 207 g/mol. The fraction of sp³-hybridized carbons (Fsp3) is 0.462. The van der Waals surface area contributed by atoms with E-state index in [0.717, 1.165) is 16.7 Å². The smallest absolute Gasteiger partial charge is 0.345 e. The first kappa shape index (κ1) is 12.7. The molecule has 0 aliphatic rings. The molecule has 0 aliphatic heterocycles. The van der Waals surface area contributed by atoms with Crippen LogP contribution < -0.4 is 0 Å². The molecule has 88 valence electrons. The van der Waals surface area contributed by atoms with Crippen LogP contribution in [0.3, 0.4) is 0 Å². The van der Waals surface area contributed by atoms with Crippen LogP contribution >= 0.6 is 0 Å². The normalized spacial score (nSPS) is 12.3. The molecule has 0 amide bonds. The van der Waals surface area contributed by atoms with Crippen LogP contribution in [-0.2, 0) is 9.53 Å². The van der Waals surface area contributed by atoms with Gasteiger partial charge in [0.15, 0.2) is 0 Å². The number of halogens is 1. The van der Waals surface area contributed by atoms with Gasteiger partial charge in [0, 0.05) is 5.56 Å². The Morgan fingerprint density at radius 2 is 1.81 bits per heavy atom. The van der Waals surface area contributed by atoms with Crippen LogP contribution in [0.5, 0.6) is 0 Å². The molecule has 0 radical (unpaired) electrons. The molecule has 0 fully saturated rings. The summed E-state index contributed by atoms with van der Waals surface area (Å²) < 4.78 is 18.5. The van der Waals surface area contributed by atoms with Crippen molar-refractivity contribution in [2.75, 3.05) is 6.61 Å². The molecule has 2 nitrogen and oxygen atoms in total. The molecule has 1 aromatic carbocycles. The lowest BCUT2D eigenvalue weighted by Gasteiger charge is -2.13. The van der Waals surface area contributed by atoms with E-state index in [2.05, 4.69) is 4.74 Å². The average Bonchev–Trinajstić information content (AvgIpc) is 2.23. The van der Waals surface area contributed by atoms with Crippen LogP contribution in [0.2, 0.25) is 0 Å². The number of benzene rings is 1. The summed E-state index contributed by atoms with van der Waals surface area (Å²) in [6, 6.07) is 3.60. The number of aryl methyl sites for hydroxylation is 3. The van der Waals surface area contributed by atoms with Gasteiger partial charge in [-0.1, -0.05) is 12.1 Å². The highest BCUT2D eigenvalue weighted by Gasteiger charge is 2.23. The van der Waals surface area contributed by atoms with Gasteiger partial charge >= 0.3 is 5.97 Å². The fourth-order valence-corrected chi connectivity index (χ4v) is 1.60. The summed E-state index contributed by atoms with van der Waals surface area (Å²) in [5.74, 6) is -0.811. The van der Waals surface area contributed by atoms with E-state index >= 15 is 0 Å². The van der Waals surface area contributed by atoms with Crippen molar-refractivity contribution < 1.29 is 13.9 Å². The van der Waals surface area contributed by atoms with Gasteiger partial charge < -0.3 is 4.74 Å². The fourth-order valence-electron chi connectivity index (χ4n) is 1.60. The lowest BCUT2D eigenvalue weighted by atomic mass is 9.98. The van der Waals surface area contributed by atoms with Crippen molar-refractivity contribution >= 4 is 5.97 Å². The lowest BCUT2D eigenvalue weighted by Crippen LogP contribution is -2.13. The maximum atomic E-state index is 13.8. The third-order valence-electron chi connectivity index (χ3n) is 2.65. The van der Waals surface area contributed by atoms with Crippen LogP contribution in [0.1, 0.15) is 35.3 Å². The number of ether oxygens (including phenoxy) is 1. The van der Waals surface area contributed by atoms with Crippen molar-refractivity contribution in [2.45, 2.75) is 33.9 Å². The molecule has 0 bridgehead atoms. The molecule has 0 saturated heterocycles. The van der Waals surface area contributed by atoms with Crippen molar-refractivity contribution in [3.05, 3.63) is 34.4 Å². The molecule has 0 saturated carbocycles. The summed E-state index contributed by atoms with van der Waals surface area (Å²) in [6.45, 7) is 7.52. The molecule has 3 heteroatoms. The van der Waals surface area contributed by atoms with E-state index in [0.29, 0.717) is 5.56 Å². The van der Waals surface area contributed by atoms with Crippen molar-refractivity contribution in [1.82, 2.24) is 0 Å². The van der Waals surface area contributed by atoms with Gasteiger partial charge in [-0.2, -0.15) is 0 Å². The SMILES string of the molecule is CCOC(=O)C(F)c1cc(C)c(C)cc1C. The van der Waals surface area contributed by atoms with E-state index in [1.54, 1.807) is 19.9 Å². The Morgan fingerprint density at radius 3 is 2.38 bits per heavy atom. The van der Waals surface area contributed by atoms with Crippen LogP contribution in [0.4, 0.5) is 4.39 Å². The van der Waals surface area contributed by atoms with E-state index in [-0.39, 0.29) is 6.61 Å². The Hall–Kier alpha value is -1.38. The minimum Gasteiger partial charge on any atom is -0.464 e. The molecule has 16 heavy (non-hydrogen) atoms. The Morgan fingerprint density at radius 1 is 1.25 bits per heavy atom. The number of carbonyl (C=O) groups is 1. The number of alkyl halides is 1. The maximum Gasteiger partial charge on any atom is 0.345 e. The minimum atomic E-state index is -1.68. The molecule has 1 atom stereocenters. The molecule has 1 unspecified atom stereocenters. The summed E-state index contributed by atoms with van der Waals surface area (Å²) >= 11 is 0. The van der Waals surface area contributed by atoms with Gasteiger partial charge in [-0.25, -0.2) is 9.18 Å². The summed E-state index contributed by atoms with van der Waals surface area (Å²) in [5.41, 5.74) is 3.26. The summed E-state index contributed by atoms with van der Waals surface area (Å²) in [4.78, 5) is 11.3. The van der Waals surface area contributed by atoms with E-state index in [9.17, 15) is 9.18 Å². The van der Waals surface area contributed by atoms with E-state index in [4.69, 9.17) is 0 Å². The average molecular weight is 224 g/mol. The molecule has 0 aromatic heterocycles. The molecule has 0 N–H and O–H groups in total. The van der Waals surface area contributed by atoms with Gasteiger partial charge in [-0.05, 0) is 44.4 Å². The van der Waals surface area contributed by atoms with Crippen LogP contribution in [-0.4, -0.2) is 12.6 Å². The second-order valence-electron chi connectivity index (χ2n) is 3.91. The highest BCUT2D eigenvalue weighted by atomic mass is 19.1. The zero-order valence-corrected chi connectivity index (χ0v) is 10.1. The Kier molecular flexibility index (Phi) is 4.05. The molecule has 1 rings (SSSR count). The number of hydrogen-bond donors (Lipinski definition) is 0. The van der Waals surface area contributed by atoms with Crippen LogP contribution in [0.25, 0.3) is 0 Å². The quantitative estimate of drug-likeness (QED) is 0.737. The summed E-state index contributed by atoms with van der Waals surface area (Å²) in [5, 5.41) is 0. The van der Waals surface area contributed by atoms with Gasteiger partial charge in [-0.15, -0.1) is 0 Å². The lowest BCUT2D eigenvalue weighted by molar-refractivity contribution is -0.149. The van der Waals surface area contributed by atoms with Crippen molar-refractivity contribution in [3.63, 3.8) is 0 Å². The topological polar surface area (TPSA) is 26.3 Å². The number of esters is 1. The summed E-state index contributed by atoms with van der Waals surface area (Å²) in [7, 11) is 0. The Labute approximate surface area is 95.4 Å². The highest BCUT2D eigenvalue weighted by molar-refractivity contribution is 5.77. The zero-order chi connectivity index (χ0) is 12.3. The molecule has 0 heterocycles. The van der Waals surface area contributed by atoms with Crippen molar-refractivity contribution in [2.24, 2.45) is 0 Å². The molecule has 1 aromatic rings. The number of hydrogen-bond acceptors (Lipinski definition) is 2. The third kappa shape index (κ3) is 2.60. The van der Waals surface area contributed by atoms with Gasteiger partial charge in [0.2, 0.25) is 6.17 Å². The standard InChI is InChI=1S/C13H17FO2/c1-5-16-13(15)12(14)11-7-9(3)8(2)6-10(11)4/h6-7,12H,5H2,1-4H3. The molecular formula is C13H17FO2. The van der Waals surface area contributed by atoms with Gasteiger partial charge in [0.25, 0.3) is 0 Å². The predicted octanol–water partition coefficient (Wildman–Crippen LogP) is 3.19. The zero-order valence-electron chi connectivity index (χ0n) is 10.1. The van der Waals surface area contributed by atoms with Crippen molar-refractivity contribution in [1.29, 1.82) is 0 Å². The number of carbonyl (C=O) groups excluding carboxylic acids is 1. The molecule has 0 aliphatic carbocycles. The largest absolute Gasteiger partial charge is 0.464 e. The second-order valence-corrected chi connectivity index (χ2v) is 3.91. The van der Waals surface area contributed by atoms with E-state index < -0.39 is 12.1 Å². The van der Waals surface area contributed by atoms with E-state index in [1.807, 2.05) is 19.9 Å². The first-order valence-corrected chi connectivity index (χ1v) is 5.35.